The quantitative estimate of drug-likeness (QED) is 0.745. The SMILES string of the molecule is CN1CCC(N(C)CC2(C#N)CC2S(C)(=O)=O)CC1. The molecule has 1 saturated heterocycles. The van der Waals surface area contributed by atoms with Gasteiger partial charge in [-0.15, -0.1) is 0 Å². The van der Waals surface area contributed by atoms with Crippen LogP contribution in [0.4, 0.5) is 0 Å². The molecule has 108 valence electrons. The van der Waals surface area contributed by atoms with E-state index in [2.05, 4.69) is 22.9 Å². The third kappa shape index (κ3) is 3.10. The van der Waals surface area contributed by atoms with Gasteiger partial charge in [0.05, 0.1) is 16.7 Å². The largest absolute Gasteiger partial charge is 0.306 e. The zero-order chi connectivity index (χ0) is 14.3. The van der Waals surface area contributed by atoms with Gasteiger partial charge in [-0.25, -0.2) is 8.42 Å². The monoisotopic (exact) mass is 285 g/mol. The van der Waals surface area contributed by atoms with Crippen LogP contribution in [0.3, 0.4) is 0 Å². The predicted molar refractivity (Wildman–Crippen MR) is 74.4 cm³/mol. The van der Waals surface area contributed by atoms with Gasteiger partial charge in [-0.3, -0.25) is 0 Å². The molecule has 1 aliphatic heterocycles. The lowest BCUT2D eigenvalue weighted by Gasteiger charge is -2.36. The van der Waals surface area contributed by atoms with Crippen molar-refractivity contribution in [3.05, 3.63) is 0 Å². The highest BCUT2D eigenvalue weighted by Crippen LogP contribution is 2.50. The molecule has 2 unspecified atom stereocenters. The number of rotatable bonds is 4. The van der Waals surface area contributed by atoms with Crippen molar-refractivity contribution < 1.29 is 8.42 Å². The molecule has 1 aliphatic carbocycles. The first kappa shape index (κ1) is 14.8. The van der Waals surface area contributed by atoms with Crippen molar-refractivity contribution in [2.45, 2.75) is 30.6 Å². The highest BCUT2D eigenvalue weighted by Gasteiger charge is 2.61. The lowest BCUT2D eigenvalue weighted by molar-refractivity contribution is 0.133. The second kappa shape index (κ2) is 5.04. The summed E-state index contributed by atoms with van der Waals surface area (Å²) in [5, 5.41) is 8.87. The molecule has 0 bridgehead atoms. The topological polar surface area (TPSA) is 64.4 Å². The van der Waals surface area contributed by atoms with E-state index < -0.39 is 20.5 Å². The van der Waals surface area contributed by atoms with Crippen LogP contribution in [0.25, 0.3) is 0 Å². The summed E-state index contributed by atoms with van der Waals surface area (Å²) in [6.45, 7) is 2.73. The minimum absolute atomic E-state index is 0.460. The molecular formula is C13H23N3O2S. The molecule has 0 aromatic rings. The molecule has 2 aliphatic rings. The lowest BCUT2D eigenvalue weighted by Crippen LogP contribution is -2.44. The number of sulfone groups is 1. The maximum Gasteiger partial charge on any atom is 0.151 e. The van der Waals surface area contributed by atoms with Gasteiger partial charge in [0, 0.05) is 18.8 Å². The van der Waals surface area contributed by atoms with Crippen LogP contribution in [0.2, 0.25) is 0 Å². The van der Waals surface area contributed by atoms with Crippen molar-refractivity contribution >= 4 is 9.84 Å². The Balaban J connectivity index is 1.96. The van der Waals surface area contributed by atoms with E-state index in [4.69, 9.17) is 0 Å². The van der Waals surface area contributed by atoms with E-state index in [1.165, 1.54) is 6.26 Å². The molecule has 2 fully saturated rings. The van der Waals surface area contributed by atoms with Gasteiger partial charge < -0.3 is 9.80 Å². The summed E-state index contributed by atoms with van der Waals surface area (Å²) in [5.41, 5.74) is -0.661. The van der Waals surface area contributed by atoms with Crippen LogP contribution in [0.1, 0.15) is 19.3 Å². The second-order valence-electron chi connectivity index (χ2n) is 6.24. The first-order valence-corrected chi connectivity index (χ1v) is 8.73. The summed E-state index contributed by atoms with van der Waals surface area (Å²) in [6.07, 6.45) is 3.93. The van der Waals surface area contributed by atoms with Gasteiger partial charge in [0.15, 0.2) is 9.84 Å². The molecule has 0 N–H and O–H groups in total. The van der Waals surface area contributed by atoms with Crippen LogP contribution in [0.15, 0.2) is 0 Å². The Hall–Kier alpha value is -0.640. The highest BCUT2D eigenvalue weighted by atomic mass is 32.2. The number of nitrogens with zero attached hydrogens (tertiary/aromatic N) is 3. The molecule has 0 aromatic carbocycles. The number of piperidine rings is 1. The van der Waals surface area contributed by atoms with Crippen molar-refractivity contribution in [3.8, 4) is 6.07 Å². The smallest absolute Gasteiger partial charge is 0.151 e. The van der Waals surface area contributed by atoms with E-state index in [0.29, 0.717) is 19.0 Å². The van der Waals surface area contributed by atoms with Gasteiger partial charge in [0.2, 0.25) is 0 Å². The minimum Gasteiger partial charge on any atom is -0.306 e. The summed E-state index contributed by atoms with van der Waals surface area (Å²) in [6, 6.07) is 2.73. The number of hydrogen-bond donors (Lipinski definition) is 0. The average molecular weight is 285 g/mol. The Labute approximate surface area is 116 Å². The molecule has 0 amide bonds. The fourth-order valence-corrected chi connectivity index (χ4v) is 4.71. The average Bonchev–Trinajstić information content (AvgIpc) is 3.05. The van der Waals surface area contributed by atoms with Crippen LogP contribution in [0, 0.1) is 16.7 Å². The highest BCUT2D eigenvalue weighted by molar-refractivity contribution is 7.91. The Kier molecular flexibility index (Phi) is 3.92. The van der Waals surface area contributed by atoms with E-state index in [1.54, 1.807) is 0 Å². The summed E-state index contributed by atoms with van der Waals surface area (Å²) in [5.74, 6) is 0. The molecule has 2 atom stereocenters. The van der Waals surface area contributed by atoms with Gasteiger partial charge in [0.1, 0.15) is 0 Å². The molecular weight excluding hydrogens is 262 g/mol. The molecule has 0 radical (unpaired) electrons. The maximum atomic E-state index is 11.6. The van der Waals surface area contributed by atoms with Crippen LogP contribution in [-0.4, -0.2) is 69.5 Å². The Morgan fingerprint density at radius 3 is 2.42 bits per heavy atom. The minimum atomic E-state index is -3.09. The van der Waals surface area contributed by atoms with E-state index in [1.807, 2.05) is 7.05 Å². The number of likely N-dealkylation sites (tertiary alicyclic amines) is 1. The zero-order valence-corrected chi connectivity index (χ0v) is 12.8. The van der Waals surface area contributed by atoms with E-state index >= 15 is 0 Å². The molecule has 1 saturated carbocycles. The fraction of sp³-hybridized carbons (Fsp3) is 0.923. The molecule has 0 spiro atoms. The van der Waals surface area contributed by atoms with Crippen molar-refractivity contribution in [2.75, 3.05) is 40.0 Å². The van der Waals surface area contributed by atoms with Crippen molar-refractivity contribution in [2.24, 2.45) is 5.41 Å². The normalized spacial score (nSPS) is 33.3. The Morgan fingerprint density at radius 2 is 2.00 bits per heavy atom. The molecule has 5 nitrogen and oxygen atoms in total. The fourth-order valence-electron chi connectivity index (χ4n) is 3.16. The van der Waals surface area contributed by atoms with Gasteiger partial charge in [-0.2, -0.15) is 5.26 Å². The second-order valence-corrected chi connectivity index (χ2v) is 8.47. The number of nitriles is 1. The maximum absolute atomic E-state index is 11.6. The van der Waals surface area contributed by atoms with Crippen LogP contribution in [0.5, 0.6) is 0 Å². The summed E-state index contributed by atoms with van der Waals surface area (Å²) >= 11 is 0. The van der Waals surface area contributed by atoms with Gasteiger partial charge in [-0.1, -0.05) is 0 Å². The first-order chi connectivity index (χ1) is 8.78. The molecule has 2 rings (SSSR count). The van der Waals surface area contributed by atoms with Crippen LogP contribution < -0.4 is 0 Å². The van der Waals surface area contributed by atoms with Crippen molar-refractivity contribution in [1.82, 2.24) is 9.80 Å². The van der Waals surface area contributed by atoms with E-state index in [9.17, 15) is 13.7 Å². The van der Waals surface area contributed by atoms with E-state index in [-0.39, 0.29) is 0 Å². The zero-order valence-electron chi connectivity index (χ0n) is 12.0. The Bertz CT molecular complexity index is 477. The van der Waals surface area contributed by atoms with Crippen LogP contribution in [-0.2, 0) is 9.84 Å². The van der Waals surface area contributed by atoms with Gasteiger partial charge in [-0.05, 0) is 46.4 Å². The molecule has 19 heavy (non-hydrogen) atoms. The predicted octanol–water partition coefficient (Wildman–Crippen LogP) is 0.339. The van der Waals surface area contributed by atoms with E-state index in [0.717, 1.165) is 25.9 Å². The molecule has 1 heterocycles. The molecule has 6 heteroatoms. The summed E-state index contributed by atoms with van der Waals surface area (Å²) in [7, 11) is 1.05. The third-order valence-electron chi connectivity index (χ3n) is 4.59. The Morgan fingerprint density at radius 1 is 1.42 bits per heavy atom. The standard InChI is InChI=1S/C13H23N3O2S/c1-15-6-4-11(5-7-15)16(2)10-13(9-14)8-12(13)19(3,17)18/h11-12H,4-8,10H2,1-3H3. The first-order valence-electron chi connectivity index (χ1n) is 6.77. The van der Waals surface area contributed by atoms with Crippen molar-refractivity contribution in [1.29, 1.82) is 5.26 Å². The third-order valence-corrected chi connectivity index (χ3v) is 6.24. The summed E-state index contributed by atoms with van der Waals surface area (Å²) < 4.78 is 23.2. The molecule has 0 aromatic heterocycles. The lowest BCUT2D eigenvalue weighted by atomic mass is 10.0. The van der Waals surface area contributed by atoms with Gasteiger partial charge >= 0.3 is 0 Å². The summed E-state index contributed by atoms with van der Waals surface area (Å²) in [4.78, 5) is 4.50. The van der Waals surface area contributed by atoms with Crippen LogP contribution >= 0.6 is 0 Å². The van der Waals surface area contributed by atoms with Gasteiger partial charge in [0.25, 0.3) is 0 Å². The van der Waals surface area contributed by atoms with Crippen molar-refractivity contribution in [3.63, 3.8) is 0 Å². The number of hydrogen-bond acceptors (Lipinski definition) is 5.